The smallest absolute Gasteiger partial charge is 0.277 e. The summed E-state index contributed by atoms with van der Waals surface area (Å²) in [6.45, 7) is -4.17. The van der Waals surface area contributed by atoms with Crippen LogP contribution >= 0.6 is 0 Å². The van der Waals surface area contributed by atoms with Gasteiger partial charge in [0.1, 0.15) is 17.1 Å². The van der Waals surface area contributed by atoms with E-state index in [1.54, 1.807) is 0 Å². The molecule has 1 saturated heterocycles. The lowest BCUT2D eigenvalue weighted by atomic mass is 10.1. The van der Waals surface area contributed by atoms with Crippen molar-refractivity contribution in [3.63, 3.8) is 0 Å². The third-order valence-corrected chi connectivity index (χ3v) is 7.06. The molecule has 0 aliphatic carbocycles. The zero-order valence-electron chi connectivity index (χ0n) is 30.1. The number of sulfonamides is 1. The SMILES string of the molecule is [2H]C([2H])(CC1CCCN1C([2H])([2H])[2H])NS(=O)(=O)c1ccc(OCCC)c(-c2nc3c(C([2H])([2H])CC)nn(C([2H])([2H])[2H])c3c(=O)[nH]2)c1. The maximum absolute atomic E-state index is 13.5. The minimum Gasteiger partial charge on any atom is -0.493 e. The quantitative estimate of drug-likeness (QED) is 0.394. The van der Waals surface area contributed by atoms with Crippen molar-refractivity contribution in [3.8, 4) is 17.1 Å². The van der Waals surface area contributed by atoms with Crippen LogP contribution < -0.4 is 15.0 Å². The highest BCUT2D eigenvalue weighted by Gasteiger charge is 2.23. The standard InChI is InChI=1S/C25H36N6O4S/c1-5-8-20-22-23(31(4)29-20)25(32)28-24(27-22)19-16-18(10-11-21(19)35-15-6-2)36(33,34)26-13-12-17-9-7-14-30(17)3/h10-11,16-17,26H,5-9,12-15H2,1-4H3,(H,27,28,32)/i3D3,4D3,8D2,13D2. The van der Waals surface area contributed by atoms with E-state index in [9.17, 15) is 13.2 Å². The number of aromatic nitrogens is 4. The summed E-state index contributed by atoms with van der Waals surface area (Å²) in [7, 11) is -4.59. The van der Waals surface area contributed by atoms with Crippen molar-refractivity contribution in [1.82, 2.24) is 29.4 Å². The average molecular weight is 527 g/mol. The summed E-state index contributed by atoms with van der Waals surface area (Å²) in [4.78, 5) is 20.9. The van der Waals surface area contributed by atoms with E-state index in [0.29, 0.717) is 23.9 Å². The second-order valence-corrected chi connectivity index (χ2v) is 10.1. The maximum atomic E-state index is 13.5. The zero-order chi connectivity index (χ0) is 34.5. The number of rotatable bonds is 11. The number of aromatic amines is 1. The molecule has 1 aliphatic heterocycles. The van der Waals surface area contributed by atoms with Gasteiger partial charge in [-0.2, -0.15) is 5.10 Å². The van der Waals surface area contributed by atoms with E-state index >= 15 is 0 Å². The van der Waals surface area contributed by atoms with Gasteiger partial charge in [-0.05, 0) is 63.8 Å². The Labute approximate surface area is 226 Å². The van der Waals surface area contributed by atoms with Crippen LogP contribution in [0.1, 0.15) is 65.4 Å². The number of ether oxygens (including phenoxy) is 1. The molecule has 1 aromatic carbocycles. The number of benzene rings is 1. The van der Waals surface area contributed by atoms with Gasteiger partial charge in [0, 0.05) is 33.2 Å². The zero-order valence-corrected chi connectivity index (χ0v) is 20.9. The van der Waals surface area contributed by atoms with Crippen LogP contribution in [-0.4, -0.2) is 65.7 Å². The van der Waals surface area contributed by atoms with Gasteiger partial charge in [-0.3, -0.25) is 9.48 Å². The largest absolute Gasteiger partial charge is 0.493 e. The number of aryl methyl sites for hydroxylation is 2. The van der Waals surface area contributed by atoms with E-state index in [1.807, 2.05) is 11.6 Å². The predicted molar refractivity (Wildman–Crippen MR) is 140 cm³/mol. The van der Waals surface area contributed by atoms with Gasteiger partial charge >= 0.3 is 0 Å². The summed E-state index contributed by atoms with van der Waals surface area (Å²) in [6.07, 6.45) is -1.26. The molecule has 196 valence electrons. The van der Waals surface area contributed by atoms with Crippen LogP contribution in [0.2, 0.25) is 0 Å². The van der Waals surface area contributed by atoms with Gasteiger partial charge in [0.05, 0.1) is 22.8 Å². The van der Waals surface area contributed by atoms with Crippen molar-refractivity contribution in [1.29, 1.82) is 0 Å². The third-order valence-electron chi connectivity index (χ3n) is 5.77. The second-order valence-electron chi connectivity index (χ2n) is 8.38. The lowest BCUT2D eigenvalue weighted by Gasteiger charge is -2.19. The number of likely N-dealkylation sites (tertiary alicyclic amines) is 1. The molecule has 1 aliphatic rings. The second kappa shape index (κ2) is 11.1. The highest BCUT2D eigenvalue weighted by atomic mass is 32.2. The molecule has 0 saturated carbocycles. The maximum Gasteiger partial charge on any atom is 0.277 e. The molecule has 4 rings (SSSR count). The van der Waals surface area contributed by atoms with Crippen LogP contribution in [0.3, 0.4) is 0 Å². The molecule has 0 spiro atoms. The summed E-state index contributed by atoms with van der Waals surface area (Å²) < 4.78 is 115. The van der Waals surface area contributed by atoms with Crippen LogP contribution in [0, 0.1) is 0 Å². The van der Waals surface area contributed by atoms with Gasteiger partial charge in [0.25, 0.3) is 5.56 Å². The molecular weight excluding hydrogens is 480 g/mol. The van der Waals surface area contributed by atoms with Crippen LogP contribution in [0.15, 0.2) is 27.9 Å². The number of nitrogens with one attached hydrogen (secondary N) is 2. The van der Waals surface area contributed by atoms with Crippen LogP contribution in [0.4, 0.5) is 0 Å². The van der Waals surface area contributed by atoms with Crippen LogP contribution in [0.25, 0.3) is 22.4 Å². The molecule has 36 heavy (non-hydrogen) atoms. The Morgan fingerprint density at radius 3 is 2.92 bits per heavy atom. The first-order chi connectivity index (χ1) is 21.1. The number of hydrogen-bond donors (Lipinski definition) is 2. The number of fused-ring (bicyclic) bond motifs is 1. The number of nitrogens with zero attached hydrogens (tertiary/aromatic N) is 4. The topological polar surface area (TPSA) is 122 Å². The van der Waals surface area contributed by atoms with Crippen molar-refractivity contribution >= 4 is 21.1 Å². The van der Waals surface area contributed by atoms with E-state index in [1.165, 1.54) is 24.0 Å². The number of hydrogen-bond acceptors (Lipinski definition) is 7. The molecule has 1 fully saturated rings. The van der Waals surface area contributed by atoms with E-state index in [4.69, 9.17) is 18.4 Å². The first-order valence-corrected chi connectivity index (χ1v) is 13.2. The molecule has 1 unspecified atom stereocenters. The molecule has 1 atom stereocenters. The predicted octanol–water partition coefficient (Wildman–Crippen LogP) is 2.83. The highest BCUT2D eigenvalue weighted by Crippen LogP contribution is 2.31. The summed E-state index contributed by atoms with van der Waals surface area (Å²) in [6, 6.07) is 2.84. The first kappa shape index (κ1) is 16.2. The van der Waals surface area contributed by atoms with Gasteiger partial charge < -0.3 is 14.6 Å². The molecule has 2 N–H and O–H groups in total. The summed E-state index contributed by atoms with van der Waals surface area (Å²) in [5.41, 5.74) is -2.24. The summed E-state index contributed by atoms with van der Waals surface area (Å²) in [5, 5.41) is 3.91. The minimum absolute atomic E-state index is 0.0510. The lowest BCUT2D eigenvalue weighted by Crippen LogP contribution is -2.31. The Kier molecular flexibility index (Phi) is 4.98. The molecule has 0 bridgehead atoms. The lowest BCUT2D eigenvalue weighted by molar-refractivity contribution is 0.297. The van der Waals surface area contributed by atoms with Crippen molar-refractivity contribution in [3.05, 3.63) is 34.2 Å². The number of H-pyrrole nitrogens is 1. The Balaban J connectivity index is 1.82. The van der Waals surface area contributed by atoms with Gasteiger partial charge in [-0.25, -0.2) is 18.1 Å². The van der Waals surface area contributed by atoms with Gasteiger partial charge in [-0.15, -0.1) is 0 Å². The van der Waals surface area contributed by atoms with E-state index in [0.717, 1.165) is 6.07 Å². The monoisotopic (exact) mass is 526 g/mol. The molecule has 11 heteroatoms. The fourth-order valence-corrected chi connectivity index (χ4v) is 4.91. The Bertz CT molecular complexity index is 1750. The Morgan fingerprint density at radius 1 is 1.31 bits per heavy atom. The molecule has 0 radical (unpaired) electrons. The average Bonchev–Trinajstić information content (AvgIpc) is 3.56. The third kappa shape index (κ3) is 5.47. The van der Waals surface area contributed by atoms with Crippen LogP contribution in [0.5, 0.6) is 5.75 Å². The molecule has 2 aromatic heterocycles. The normalized spacial score (nSPS) is 22.3. The molecule has 10 nitrogen and oxygen atoms in total. The fourth-order valence-electron chi connectivity index (χ4n) is 4.00. The van der Waals surface area contributed by atoms with E-state index < -0.39 is 65.3 Å². The van der Waals surface area contributed by atoms with Gasteiger partial charge in [0.2, 0.25) is 10.0 Å². The molecular formula is C25H36N6O4S. The van der Waals surface area contributed by atoms with Crippen molar-refractivity contribution in [2.45, 2.75) is 63.3 Å². The minimum atomic E-state index is -4.59. The van der Waals surface area contributed by atoms with Crippen molar-refractivity contribution in [2.75, 3.05) is 26.6 Å². The highest BCUT2D eigenvalue weighted by molar-refractivity contribution is 7.89. The van der Waals surface area contributed by atoms with Crippen molar-refractivity contribution < 1.29 is 26.9 Å². The van der Waals surface area contributed by atoms with Gasteiger partial charge in [-0.1, -0.05) is 20.3 Å². The Morgan fingerprint density at radius 2 is 2.17 bits per heavy atom. The van der Waals surface area contributed by atoms with Crippen molar-refractivity contribution in [2.24, 2.45) is 6.98 Å². The molecule has 3 aromatic rings. The Hall–Kier alpha value is -2.76. The summed E-state index contributed by atoms with van der Waals surface area (Å²) in [5.74, 6) is -0.171. The molecule has 3 heterocycles. The van der Waals surface area contributed by atoms with E-state index in [-0.39, 0.29) is 47.9 Å². The summed E-state index contributed by atoms with van der Waals surface area (Å²) >= 11 is 0. The van der Waals surface area contributed by atoms with Gasteiger partial charge in [0.15, 0.2) is 5.52 Å². The van der Waals surface area contributed by atoms with Crippen LogP contribution in [-0.2, 0) is 23.4 Å². The fraction of sp³-hybridized carbons (Fsp3) is 0.560. The molecule has 0 amide bonds. The first-order valence-electron chi connectivity index (χ1n) is 16.7. The van der Waals surface area contributed by atoms with E-state index in [2.05, 4.69) is 15.1 Å².